The van der Waals surface area contributed by atoms with Crippen molar-refractivity contribution in [1.82, 2.24) is 0 Å². The maximum atomic E-state index is 11.2. The minimum atomic E-state index is -0.445. The molecule has 0 radical (unpaired) electrons. The van der Waals surface area contributed by atoms with Crippen LogP contribution in [0.5, 0.6) is 0 Å². The molecule has 0 atom stereocenters. The second-order valence-corrected chi connectivity index (χ2v) is 6.89. The number of nitrogens with two attached hydrogens (primary N) is 2. The molecule has 0 aliphatic heterocycles. The standard InChI is InChI=1S/C10H8N2O2S4/c11-9(13)5-1-15-3-7(5)17-18-8-4-16-2-6(8)10(12)14/h1-4H,(H2,11,13)(H2,12,14). The maximum absolute atomic E-state index is 11.2. The molecule has 0 saturated heterocycles. The number of thiophene rings is 2. The van der Waals surface area contributed by atoms with Gasteiger partial charge >= 0.3 is 0 Å². The minimum Gasteiger partial charge on any atom is -0.366 e. The van der Waals surface area contributed by atoms with Crippen molar-refractivity contribution < 1.29 is 9.59 Å². The van der Waals surface area contributed by atoms with Crippen molar-refractivity contribution >= 4 is 56.1 Å². The van der Waals surface area contributed by atoms with E-state index in [9.17, 15) is 9.59 Å². The zero-order chi connectivity index (χ0) is 13.1. The van der Waals surface area contributed by atoms with Gasteiger partial charge in [0.05, 0.1) is 11.1 Å². The summed E-state index contributed by atoms with van der Waals surface area (Å²) in [6.07, 6.45) is 0. The fourth-order valence-electron chi connectivity index (χ4n) is 1.15. The van der Waals surface area contributed by atoms with Gasteiger partial charge in [-0.25, -0.2) is 0 Å². The molecule has 18 heavy (non-hydrogen) atoms. The molecule has 8 heteroatoms. The van der Waals surface area contributed by atoms with Crippen molar-refractivity contribution in [1.29, 1.82) is 0 Å². The fraction of sp³-hybridized carbons (Fsp3) is 0. The lowest BCUT2D eigenvalue weighted by molar-refractivity contribution is 0.0989. The number of hydrogen-bond donors (Lipinski definition) is 2. The number of rotatable bonds is 5. The van der Waals surface area contributed by atoms with Gasteiger partial charge in [-0.3, -0.25) is 9.59 Å². The molecule has 2 heterocycles. The first-order valence-corrected chi connectivity index (χ1v) is 8.69. The Morgan fingerprint density at radius 2 is 1.22 bits per heavy atom. The van der Waals surface area contributed by atoms with E-state index in [-0.39, 0.29) is 0 Å². The summed E-state index contributed by atoms with van der Waals surface area (Å²) in [5.74, 6) is -0.889. The number of carbonyl (C=O) groups excluding carboxylic acids is 2. The number of amides is 2. The van der Waals surface area contributed by atoms with Crippen LogP contribution in [-0.2, 0) is 0 Å². The zero-order valence-corrected chi connectivity index (χ0v) is 12.2. The van der Waals surface area contributed by atoms with Gasteiger partial charge in [-0.2, -0.15) is 22.7 Å². The molecule has 0 aromatic carbocycles. The first kappa shape index (κ1) is 13.5. The average molecular weight is 316 g/mol. The van der Waals surface area contributed by atoms with Gasteiger partial charge in [0.2, 0.25) is 0 Å². The summed E-state index contributed by atoms with van der Waals surface area (Å²) < 4.78 is 0. The van der Waals surface area contributed by atoms with Crippen molar-refractivity contribution in [3.8, 4) is 0 Å². The van der Waals surface area contributed by atoms with Crippen LogP contribution in [0.3, 0.4) is 0 Å². The van der Waals surface area contributed by atoms with E-state index >= 15 is 0 Å². The van der Waals surface area contributed by atoms with Gasteiger partial charge in [-0.1, -0.05) is 21.6 Å². The predicted molar refractivity (Wildman–Crippen MR) is 77.4 cm³/mol. The smallest absolute Gasteiger partial charge is 0.250 e. The Kier molecular flexibility index (Phi) is 4.33. The van der Waals surface area contributed by atoms with Crippen LogP contribution < -0.4 is 11.5 Å². The van der Waals surface area contributed by atoms with Gasteiger partial charge in [-0.05, 0) is 0 Å². The third-order valence-corrected chi connectivity index (χ3v) is 6.24. The largest absolute Gasteiger partial charge is 0.366 e. The summed E-state index contributed by atoms with van der Waals surface area (Å²) in [5.41, 5.74) is 11.5. The first-order valence-electron chi connectivity index (χ1n) is 4.66. The number of carbonyl (C=O) groups is 2. The summed E-state index contributed by atoms with van der Waals surface area (Å²) in [6.45, 7) is 0. The molecule has 0 aliphatic carbocycles. The molecule has 2 rings (SSSR count). The Labute approximate surface area is 119 Å². The van der Waals surface area contributed by atoms with Crippen LogP contribution in [0.25, 0.3) is 0 Å². The highest BCUT2D eigenvalue weighted by molar-refractivity contribution is 8.76. The van der Waals surface area contributed by atoms with Crippen LogP contribution in [0, 0.1) is 0 Å². The first-order chi connectivity index (χ1) is 8.59. The van der Waals surface area contributed by atoms with Crippen LogP contribution in [0.4, 0.5) is 0 Å². The molecule has 4 nitrogen and oxygen atoms in total. The topological polar surface area (TPSA) is 86.2 Å². The monoisotopic (exact) mass is 316 g/mol. The zero-order valence-electron chi connectivity index (χ0n) is 8.91. The second-order valence-electron chi connectivity index (χ2n) is 3.19. The van der Waals surface area contributed by atoms with Crippen LogP contribution >= 0.6 is 44.3 Å². The molecule has 0 spiro atoms. The van der Waals surface area contributed by atoms with E-state index in [1.807, 2.05) is 10.8 Å². The van der Waals surface area contributed by atoms with Crippen molar-refractivity contribution in [2.24, 2.45) is 11.5 Å². The van der Waals surface area contributed by atoms with E-state index in [0.29, 0.717) is 11.1 Å². The molecule has 2 aromatic rings. The third-order valence-electron chi connectivity index (χ3n) is 2.01. The Morgan fingerprint density at radius 3 is 1.56 bits per heavy atom. The highest BCUT2D eigenvalue weighted by atomic mass is 33.1. The Bertz CT molecular complexity index is 538. The van der Waals surface area contributed by atoms with Crippen LogP contribution in [0.15, 0.2) is 31.3 Å². The SMILES string of the molecule is NC(=O)c1cscc1SSc1cscc1C(N)=O. The molecule has 0 saturated carbocycles. The lowest BCUT2D eigenvalue weighted by Gasteiger charge is -2.00. The molecule has 4 N–H and O–H groups in total. The highest BCUT2D eigenvalue weighted by Gasteiger charge is 2.14. The maximum Gasteiger partial charge on any atom is 0.250 e. The van der Waals surface area contributed by atoms with Crippen molar-refractivity contribution in [2.45, 2.75) is 9.79 Å². The van der Waals surface area contributed by atoms with Gasteiger partial charge in [0, 0.05) is 31.3 Å². The molecule has 0 unspecified atom stereocenters. The molecular formula is C10H8N2O2S4. The van der Waals surface area contributed by atoms with Crippen molar-refractivity contribution in [2.75, 3.05) is 0 Å². The summed E-state index contributed by atoms with van der Waals surface area (Å²) in [6, 6.07) is 0. The van der Waals surface area contributed by atoms with Crippen molar-refractivity contribution in [3.05, 3.63) is 32.6 Å². The molecule has 2 amide bonds. The highest BCUT2D eigenvalue weighted by Crippen LogP contribution is 2.42. The second kappa shape index (κ2) is 5.79. The number of hydrogen-bond acceptors (Lipinski definition) is 6. The molecule has 0 bridgehead atoms. The summed E-state index contributed by atoms with van der Waals surface area (Å²) in [5, 5.41) is 7.14. The molecule has 0 fully saturated rings. The molecule has 94 valence electrons. The predicted octanol–water partition coefficient (Wildman–Crippen LogP) is 2.81. The van der Waals surface area contributed by atoms with E-state index in [4.69, 9.17) is 11.5 Å². The van der Waals surface area contributed by atoms with Crippen molar-refractivity contribution in [3.63, 3.8) is 0 Å². The lowest BCUT2D eigenvalue weighted by Crippen LogP contribution is -2.10. The third kappa shape index (κ3) is 2.89. The number of primary amides is 2. The van der Waals surface area contributed by atoms with Gasteiger partial charge in [0.1, 0.15) is 0 Å². The molecular weight excluding hydrogens is 308 g/mol. The average Bonchev–Trinajstić information content (AvgIpc) is 2.94. The Hall–Kier alpha value is -0.960. The van der Waals surface area contributed by atoms with E-state index in [2.05, 4.69) is 0 Å². The van der Waals surface area contributed by atoms with E-state index in [0.717, 1.165) is 9.79 Å². The van der Waals surface area contributed by atoms with Gasteiger partial charge in [-0.15, -0.1) is 0 Å². The summed E-state index contributed by atoms with van der Waals surface area (Å²) in [7, 11) is 2.79. The Balaban J connectivity index is 2.12. The summed E-state index contributed by atoms with van der Waals surface area (Å²) in [4.78, 5) is 23.9. The van der Waals surface area contributed by atoms with Gasteiger partial charge in [0.15, 0.2) is 0 Å². The molecule has 0 aliphatic rings. The van der Waals surface area contributed by atoms with Gasteiger partial charge < -0.3 is 11.5 Å². The summed E-state index contributed by atoms with van der Waals surface area (Å²) >= 11 is 2.84. The fourth-order valence-corrected chi connectivity index (χ4v) is 5.80. The molecule has 2 aromatic heterocycles. The van der Waals surface area contributed by atoms with E-state index in [1.165, 1.54) is 44.3 Å². The quantitative estimate of drug-likeness (QED) is 0.830. The lowest BCUT2D eigenvalue weighted by atomic mass is 10.3. The van der Waals surface area contributed by atoms with E-state index < -0.39 is 11.8 Å². The Morgan fingerprint density at radius 1 is 0.833 bits per heavy atom. The van der Waals surface area contributed by atoms with Crippen LogP contribution in [-0.4, -0.2) is 11.8 Å². The minimum absolute atomic E-state index is 0.445. The van der Waals surface area contributed by atoms with Crippen LogP contribution in [0.2, 0.25) is 0 Å². The van der Waals surface area contributed by atoms with Crippen LogP contribution in [0.1, 0.15) is 20.7 Å². The van der Waals surface area contributed by atoms with Gasteiger partial charge in [0.25, 0.3) is 11.8 Å². The van der Waals surface area contributed by atoms with E-state index in [1.54, 1.807) is 10.8 Å². The normalized spacial score (nSPS) is 10.4.